The summed E-state index contributed by atoms with van der Waals surface area (Å²) in [4.78, 5) is 11.7. The molecule has 0 atom stereocenters. The van der Waals surface area contributed by atoms with Gasteiger partial charge < -0.3 is 10.4 Å². The van der Waals surface area contributed by atoms with Crippen molar-refractivity contribution < 1.29 is 14.3 Å². The predicted molar refractivity (Wildman–Crippen MR) is 80.2 cm³/mol. The zero-order chi connectivity index (χ0) is 16.3. The lowest BCUT2D eigenvalue weighted by Gasteiger charge is -2.12. The smallest absolute Gasteiger partial charge is 0.386 e. The maximum atomic E-state index is 12.3. The Hall–Kier alpha value is -2.30. The van der Waals surface area contributed by atoms with Crippen LogP contribution < -0.4 is 14.8 Å². The van der Waals surface area contributed by atoms with Gasteiger partial charge in [-0.05, 0) is 18.6 Å². The Morgan fingerprint density at radius 3 is 2.68 bits per heavy atom. The number of nitrogens with one attached hydrogen (secondary N) is 1. The first kappa shape index (κ1) is 16.1. The van der Waals surface area contributed by atoms with Crippen LogP contribution in [0.15, 0.2) is 18.2 Å². The average molecular weight is 341 g/mol. The number of fused-ring (bicyclic) bond motifs is 1. The van der Waals surface area contributed by atoms with E-state index >= 15 is 0 Å². The highest BCUT2D eigenvalue weighted by molar-refractivity contribution is 6.31. The van der Waals surface area contributed by atoms with Crippen molar-refractivity contribution in [2.45, 2.75) is 12.8 Å². The maximum Gasteiger partial charge on any atom is 0.386 e. The Labute approximate surface area is 135 Å². The summed E-state index contributed by atoms with van der Waals surface area (Å²) >= 11 is 11.3. The molecule has 1 aromatic heterocycles. The van der Waals surface area contributed by atoms with Crippen LogP contribution in [0.25, 0.3) is 11.0 Å². The SMILES string of the molecule is N#Cc1c(NC(=O)CCCCl)[n+]([O-])c2ccc(Cl)cc2[n+]1[O-]. The molecule has 0 saturated carbocycles. The quantitative estimate of drug-likeness (QED) is 0.518. The summed E-state index contributed by atoms with van der Waals surface area (Å²) in [5, 5.41) is 36.2. The second kappa shape index (κ2) is 6.64. The Morgan fingerprint density at radius 2 is 2.05 bits per heavy atom. The van der Waals surface area contributed by atoms with Crippen molar-refractivity contribution in [3.05, 3.63) is 39.3 Å². The lowest BCUT2D eigenvalue weighted by molar-refractivity contribution is -0.620. The molecule has 22 heavy (non-hydrogen) atoms. The summed E-state index contributed by atoms with van der Waals surface area (Å²) in [5.74, 6) is -0.629. The van der Waals surface area contributed by atoms with Crippen molar-refractivity contribution in [1.82, 2.24) is 0 Å². The number of benzene rings is 1. The maximum absolute atomic E-state index is 12.3. The summed E-state index contributed by atoms with van der Waals surface area (Å²) in [5.41, 5.74) is -0.576. The summed E-state index contributed by atoms with van der Waals surface area (Å²) in [6.07, 6.45) is 0.487. The zero-order valence-corrected chi connectivity index (χ0v) is 12.7. The molecule has 2 rings (SSSR count). The molecule has 1 amide bonds. The highest BCUT2D eigenvalue weighted by atomic mass is 35.5. The second-order valence-corrected chi connectivity index (χ2v) is 5.19. The Balaban J connectivity index is 2.59. The molecule has 0 fully saturated rings. The molecular formula is C13H10Cl2N4O3. The zero-order valence-electron chi connectivity index (χ0n) is 11.2. The van der Waals surface area contributed by atoms with Gasteiger partial charge in [0.2, 0.25) is 5.52 Å². The van der Waals surface area contributed by atoms with Crippen LogP contribution >= 0.6 is 23.2 Å². The lowest BCUT2D eigenvalue weighted by atomic mass is 10.2. The van der Waals surface area contributed by atoms with E-state index in [4.69, 9.17) is 28.5 Å². The molecule has 0 bridgehead atoms. The molecule has 9 heteroatoms. The Bertz CT molecular complexity index is 789. The first-order valence-electron chi connectivity index (χ1n) is 6.24. The van der Waals surface area contributed by atoms with Crippen LogP contribution in [0, 0.1) is 21.7 Å². The molecule has 114 valence electrons. The van der Waals surface area contributed by atoms with Gasteiger partial charge in [-0.3, -0.25) is 0 Å². The van der Waals surface area contributed by atoms with Gasteiger partial charge in [0.1, 0.15) is 0 Å². The van der Waals surface area contributed by atoms with Gasteiger partial charge in [0.05, 0.1) is 6.42 Å². The van der Waals surface area contributed by atoms with Crippen LogP contribution in [0.4, 0.5) is 5.82 Å². The van der Waals surface area contributed by atoms with Gasteiger partial charge in [-0.25, -0.2) is 14.8 Å². The molecule has 1 heterocycles. The number of hydrogen-bond acceptors (Lipinski definition) is 4. The van der Waals surface area contributed by atoms with Gasteiger partial charge in [0, 0.05) is 17.0 Å². The molecule has 0 spiro atoms. The van der Waals surface area contributed by atoms with Crippen molar-refractivity contribution in [3.8, 4) is 6.07 Å². The number of alkyl halides is 1. The Kier molecular flexibility index (Phi) is 4.85. The normalized spacial score (nSPS) is 10.4. The summed E-state index contributed by atoms with van der Waals surface area (Å²) in [7, 11) is 0. The first-order chi connectivity index (χ1) is 10.5. The summed E-state index contributed by atoms with van der Waals surface area (Å²) in [6, 6.07) is 5.68. The molecule has 0 aliphatic heterocycles. The van der Waals surface area contributed by atoms with E-state index in [1.54, 1.807) is 6.07 Å². The molecule has 1 N–H and O–H groups in total. The van der Waals surface area contributed by atoms with Crippen LogP contribution in [0.1, 0.15) is 18.5 Å². The number of rotatable bonds is 4. The number of aromatic nitrogens is 2. The number of amides is 1. The molecule has 0 radical (unpaired) electrons. The fourth-order valence-corrected chi connectivity index (χ4v) is 2.19. The van der Waals surface area contributed by atoms with Crippen LogP contribution in [0.3, 0.4) is 0 Å². The van der Waals surface area contributed by atoms with Gasteiger partial charge >= 0.3 is 17.4 Å². The van der Waals surface area contributed by atoms with Crippen molar-refractivity contribution >= 4 is 46.0 Å². The van der Waals surface area contributed by atoms with E-state index in [2.05, 4.69) is 5.32 Å². The minimum atomic E-state index is -0.510. The van der Waals surface area contributed by atoms with Gasteiger partial charge in [0.15, 0.2) is 6.07 Å². The number of anilines is 1. The Morgan fingerprint density at radius 1 is 1.32 bits per heavy atom. The minimum absolute atomic E-state index is 0.00829. The third kappa shape index (κ3) is 2.98. The van der Waals surface area contributed by atoms with E-state index in [0.29, 0.717) is 11.2 Å². The molecule has 2 aromatic rings. The molecular weight excluding hydrogens is 331 g/mol. The molecule has 0 saturated heterocycles. The number of carbonyl (C=O) groups is 1. The third-order valence-electron chi connectivity index (χ3n) is 2.91. The van der Waals surface area contributed by atoms with Crippen LogP contribution in [-0.2, 0) is 4.79 Å². The monoisotopic (exact) mass is 340 g/mol. The standard InChI is InChI=1S/C13H10Cl2N4O3/c14-5-1-2-12(20)17-13-11(7-16)18(21)10-6-8(15)3-4-9(10)19(13)22/h3-4,6H,1-2,5H2,(H,17,20). The fraction of sp³-hybridized carbons (Fsp3) is 0.231. The van der Waals surface area contributed by atoms with Gasteiger partial charge in [-0.2, -0.15) is 5.26 Å². The largest absolute Gasteiger partial charge is 0.710 e. The van der Waals surface area contributed by atoms with Crippen LogP contribution in [0.2, 0.25) is 5.02 Å². The van der Waals surface area contributed by atoms with Gasteiger partial charge in [-0.1, -0.05) is 11.6 Å². The minimum Gasteiger partial charge on any atom is -0.710 e. The highest BCUT2D eigenvalue weighted by Gasteiger charge is 2.28. The van der Waals surface area contributed by atoms with Crippen molar-refractivity contribution in [2.75, 3.05) is 11.2 Å². The number of nitriles is 1. The molecule has 0 unspecified atom stereocenters. The predicted octanol–water partition coefficient (Wildman–Crippen LogP) is 1.59. The average Bonchev–Trinajstić information content (AvgIpc) is 2.50. The molecule has 0 aliphatic carbocycles. The van der Waals surface area contributed by atoms with E-state index in [-0.39, 0.29) is 33.1 Å². The molecule has 0 aliphatic rings. The van der Waals surface area contributed by atoms with E-state index < -0.39 is 17.4 Å². The van der Waals surface area contributed by atoms with E-state index in [0.717, 1.165) is 0 Å². The number of halogens is 2. The van der Waals surface area contributed by atoms with Crippen molar-refractivity contribution in [2.24, 2.45) is 0 Å². The first-order valence-corrected chi connectivity index (χ1v) is 7.15. The highest BCUT2D eigenvalue weighted by Crippen LogP contribution is 2.17. The van der Waals surface area contributed by atoms with E-state index in [1.807, 2.05) is 0 Å². The molecule has 7 nitrogen and oxygen atoms in total. The van der Waals surface area contributed by atoms with Crippen LogP contribution in [0.5, 0.6) is 0 Å². The van der Waals surface area contributed by atoms with Crippen molar-refractivity contribution in [3.63, 3.8) is 0 Å². The van der Waals surface area contributed by atoms with Crippen molar-refractivity contribution in [1.29, 1.82) is 5.26 Å². The topological polar surface area (TPSA) is 107 Å². The third-order valence-corrected chi connectivity index (χ3v) is 3.41. The number of hydrogen-bond donors (Lipinski definition) is 1. The summed E-state index contributed by atoms with van der Waals surface area (Å²) in [6.45, 7) is 0. The lowest BCUT2D eigenvalue weighted by Crippen LogP contribution is -2.44. The number of nitrogens with zero attached hydrogens (tertiary/aromatic N) is 3. The molecule has 1 aromatic carbocycles. The van der Waals surface area contributed by atoms with Crippen LogP contribution in [-0.4, -0.2) is 11.8 Å². The fourth-order valence-electron chi connectivity index (χ4n) is 1.89. The summed E-state index contributed by atoms with van der Waals surface area (Å²) < 4.78 is 0.601. The van der Waals surface area contributed by atoms with E-state index in [1.165, 1.54) is 18.2 Å². The van der Waals surface area contributed by atoms with Gasteiger partial charge in [0.25, 0.3) is 5.52 Å². The number of carbonyl (C=O) groups excluding carboxylic acids is 1. The second-order valence-electron chi connectivity index (χ2n) is 4.37. The van der Waals surface area contributed by atoms with E-state index in [9.17, 15) is 15.2 Å². The van der Waals surface area contributed by atoms with Gasteiger partial charge in [-0.15, -0.1) is 16.3 Å².